The Balaban J connectivity index is 2.36. The molecule has 1 heterocycles. The average molecular weight is 276 g/mol. The summed E-state index contributed by atoms with van der Waals surface area (Å²) in [5.74, 6) is -0.231. The first-order valence-corrected chi connectivity index (χ1v) is 6.42. The van der Waals surface area contributed by atoms with Crippen LogP contribution in [0, 0.1) is 10.1 Å². The Bertz CT molecular complexity index is 650. The SMILES string of the molecule is CCCCN(C)C(=O)c1n[nH]c2ccc([N+](=O)[O-])cc12. The lowest BCUT2D eigenvalue weighted by molar-refractivity contribution is -0.384. The van der Waals surface area contributed by atoms with Gasteiger partial charge in [0.2, 0.25) is 0 Å². The molecule has 0 radical (unpaired) electrons. The number of rotatable bonds is 5. The monoisotopic (exact) mass is 276 g/mol. The van der Waals surface area contributed by atoms with Gasteiger partial charge in [-0.25, -0.2) is 0 Å². The number of fused-ring (bicyclic) bond motifs is 1. The lowest BCUT2D eigenvalue weighted by atomic mass is 10.1. The number of hydrogen-bond acceptors (Lipinski definition) is 4. The molecule has 1 amide bonds. The summed E-state index contributed by atoms with van der Waals surface area (Å²) in [4.78, 5) is 24.2. The van der Waals surface area contributed by atoms with Crippen molar-refractivity contribution >= 4 is 22.5 Å². The fourth-order valence-electron chi connectivity index (χ4n) is 1.96. The number of nitro benzene ring substituents is 1. The third-order valence-corrected chi connectivity index (χ3v) is 3.15. The first kappa shape index (κ1) is 14.0. The molecule has 0 aliphatic carbocycles. The molecule has 7 nitrogen and oxygen atoms in total. The first-order valence-electron chi connectivity index (χ1n) is 6.42. The third kappa shape index (κ3) is 2.61. The first-order chi connectivity index (χ1) is 9.54. The van der Waals surface area contributed by atoms with Crippen molar-refractivity contribution in [1.82, 2.24) is 15.1 Å². The number of non-ortho nitro benzene ring substituents is 1. The van der Waals surface area contributed by atoms with E-state index in [0.717, 1.165) is 12.8 Å². The van der Waals surface area contributed by atoms with E-state index in [1.165, 1.54) is 12.1 Å². The summed E-state index contributed by atoms with van der Waals surface area (Å²) in [6.07, 6.45) is 1.90. The van der Waals surface area contributed by atoms with E-state index in [1.54, 1.807) is 18.0 Å². The smallest absolute Gasteiger partial charge is 0.274 e. The molecule has 1 aromatic heterocycles. The molecule has 0 saturated carbocycles. The number of H-pyrrole nitrogens is 1. The van der Waals surface area contributed by atoms with Gasteiger partial charge in [-0.3, -0.25) is 20.0 Å². The lowest BCUT2D eigenvalue weighted by Crippen LogP contribution is -2.28. The van der Waals surface area contributed by atoms with Gasteiger partial charge < -0.3 is 4.90 Å². The number of nitro groups is 1. The number of unbranched alkanes of at least 4 members (excludes halogenated alkanes) is 1. The standard InChI is InChI=1S/C13H16N4O3/c1-3-4-7-16(2)13(18)12-10-8-9(17(19)20)5-6-11(10)14-15-12/h5-6,8H,3-4,7H2,1-2H3,(H,14,15). The fourth-order valence-corrected chi connectivity index (χ4v) is 1.96. The number of hydrogen-bond donors (Lipinski definition) is 1. The molecule has 0 saturated heterocycles. The zero-order valence-corrected chi connectivity index (χ0v) is 11.4. The molecule has 0 atom stereocenters. The zero-order chi connectivity index (χ0) is 14.7. The summed E-state index contributed by atoms with van der Waals surface area (Å²) in [6, 6.07) is 4.32. The van der Waals surface area contributed by atoms with Gasteiger partial charge in [0.25, 0.3) is 11.6 Å². The second kappa shape index (κ2) is 5.68. The molecule has 106 valence electrons. The number of carbonyl (C=O) groups excluding carboxylic acids is 1. The van der Waals surface area contributed by atoms with E-state index in [4.69, 9.17) is 0 Å². The van der Waals surface area contributed by atoms with Gasteiger partial charge in [0.15, 0.2) is 5.69 Å². The quantitative estimate of drug-likeness (QED) is 0.670. The second-order valence-electron chi connectivity index (χ2n) is 4.64. The topological polar surface area (TPSA) is 92.1 Å². The molecule has 1 aromatic carbocycles. The van der Waals surface area contributed by atoms with Crippen molar-refractivity contribution in [3.8, 4) is 0 Å². The van der Waals surface area contributed by atoms with Crippen molar-refractivity contribution in [3.05, 3.63) is 34.0 Å². The highest BCUT2D eigenvalue weighted by Crippen LogP contribution is 2.22. The largest absolute Gasteiger partial charge is 0.340 e. The van der Waals surface area contributed by atoms with Crippen molar-refractivity contribution in [1.29, 1.82) is 0 Å². The highest BCUT2D eigenvalue weighted by atomic mass is 16.6. The Morgan fingerprint density at radius 2 is 2.25 bits per heavy atom. The maximum atomic E-state index is 12.3. The van der Waals surface area contributed by atoms with Gasteiger partial charge in [-0.05, 0) is 12.5 Å². The summed E-state index contributed by atoms with van der Waals surface area (Å²) in [5.41, 5.74) is 0.786. The molecule has 2 aromatic rings. The Hall–Kier alpha value is -2.44. The Labute approximate surface area is 115 Å². The fraction of sp³-hybridized carbons (Fsp3) is 0.385. The van der Waals surface area contributed by atoms with E-state index in [9.17, 15) is 14.9 Å². The molecule has 7 heteroatoms. The lowest BCUT2D eigenvalue weighted by Gasteiger charge is -2.15. The zero-order valence-electron chi connectivity index (χ0n) is 11.4. The van der Waals surface area contributed by atoms with Crippen molar-refractivity contribution in [2.24, 2.45) is 0 Å². The summed E-state index contributed by atoms with van der Waals surface area (Å²) in [6.45, 7) is 2.68. The maximum Gasteiger partial charge on any atom is 0.274 e. The van der Waals surface area contributed by atoms with E-state index < -0.39 is 4.92 Å². The van der Waals surface area contributed by atoms with E-state index in [0.29, 0.717) is 17.4 Å². The molecular weight excluding hydrogens is 260 g/mol. The molecule has 20 heavy (non-hydrogen) atoms. The van der Waals surface area contributed by atoms with Crippen LogP contribution >= 0.6 is 0 Å². The van der Waals surface area contributed by atoms with Crippen molar-refractivity contribution in [2.75, 3.05) is 13.6 Å². The molecule has 0 spiro atoms. The van der Waals surface area contributed by atoms with Crippen LogP contribution in [0.4, 0.5) is 5.69 Å². The molecule has 0 bridgehead atoms. The minimum Gasteiger partial charge on any atom is -0.340 e. The van der Waals surface area contributed by atoms with E-state index >= 15 is 0 Å². The number of amides is 1. The maximum absolute atomic E-state index is 12.3. The van der Waals surface area contributed by atoms with Crippen molar-refractivity contribution < 1.29 is 9.72 Å². The van der Waals surface area contributed by atoms with Gasteiger partial charge in [-0.1, -0.05) is 13.3 Å². The molecular formula is C13H16N4O3. The third-order valence-electron chi connectivity index (χ3n) is 3.15. The highest BCUT2D eigenvalue weighted by Gasteiger charge is 2.19. The number of nitrogens with one attached hydrogen (secondary N) is 1. The molecule has 2 rings (SSSR count). The van der Waals surface area contributed by atoms with E-state index in [-0.39, 0.29) is 17.3 Å². The number of nitrogens with zero attached hydrogens (tertiary/aromatic N) is 3. The average Bonchev–Trinajstić information content (AvgIpc) is 2.86. The van der Waals surface area contributed by atoms with Crippen LogP contribution in [0.2, 0.25) is 0 Å². The van der Waals surface area contributed by atoms with Gasteiger partial charge >= 0.3 is 0 Å². The molecule has 0 aliphatic heterocycles. The molecule has 0 fully saturated rings. The summed E-state index contributed by atoms with van der Waals surface area (Å²) in [5, 5.41) is 18.0. The summed E-state index contributed by atoms with van der Waals surface area (Å²) < 4.78 is 0. The van der Waals surface area contributed by atoms with Gasteiger partial charge in [-0.2, -0.15) is 5.10 Å². The summed E-state index contributed by atoms with van der Waals surface area (Å²) >= 11 is 0. The predicted molar refractivity (Wildman–Crippen MR) is 74.6 cm³/mol. The number of aromatic amines is 1. The Kier molecular flexibility index (Phi) is 3.97. The molecule has 1 N–H and O–H groups in total. The van der Waals surface area contributed by atoms with Crippen LogP contribution in [0.25, 0.3) is 10.9 Å². The van der Waals surface area contributed by atoms with Crippen LogP contribution in [0.1, 0.15) is 30.3 Å². The minimum atomic E-state index is -0.485. The summed E-state index contributed by atoms with van der Waals surface area (Å²) in [7, 11) is 1.70. The second-order valence-corrected chi connectivity index (χ2v) is 4.64. The molecule has 0 aliphatic rings. The van der Waals surface area contributed by atoms with Crippen LogP contribution in [0.15, 0.2) is 18.2 Å². The van der Waals surface area contributed by atoms with Crippen LogP contribution in [-0.4, -0.2) is 39.5 Å². The van der Waals surface area contributed by atoms with Crippen LogP contribution in [0.5, 0.6) is 0 Å². The Morgan fingerprint density at radius 1 is 1.50 bits per heavy atom. The van der Waals surface area contributed by atoms with E-state index in [2.05, 4.69) is 10.2 Å². The normalized spacial score (nSPS) is 10.7. The number of benzene rings is 1. The highest BCUT2D eigenvalue weighted by molar-refractivity contribution is 6.05. The number of aromatic nitrogens is 2. The van der Waals surface area contributed by atoms with Gasteiger partial charge in [0.1, 0.15) is 0 Å². The van der Waals surface area contributed by atoms with Gasteiger partial charge in [0, 0.05) is 31.1 Å². The minimum absolute atomic E-state index is 0.0517. The molecule has 0 unspecified atom stereocenters. The van der Waals surface area contributed by atoms with Crippen molar-refractivity contribution in [3.63, 3.8) is 0 Å². The van der Waals surface area contributed by atoms with Crippen molar-refractivity contribution in [2.45, 2.75) is 19.8 Å². The number of carbonyl (C=O) groups is 1. The van der Waals surface area contributed by atoms with Gasteiger partial charge in [-0.15, -0.1) is 0 Å². The van der Waals surface area contributed by atoms with Gasteiger partial charge in [0.05, 0.1) is 10.4 Å². The van der Waals surface area contributed by atoms with Crippen LogP contribution < -0.4 is 0 Å². The van der Waals surface area contributed by atoms with Crippen LogP contribution in [-0.2, 0) is 0 Å². The Morgan fingerprint density at radius 3 is 2.90 bits per heavy atom. The van der Waals surface area contributed by atoms with Crippen LogP contribution in [0.3, 0.4) is 0 Å². The predicted octanol–water partition coefficient (Wildman–Crippen LogP) is 2.34. The van der Waals surface area contributed by atoms with E-state index in [1.807, 2.05) is 6.92 Å².